The summed E-state index contributed by atoms with van der Waals surface area (Å²) in [4.78, 5) is 15.5. The van der Waals surface area contributed by atoms with Crippen LogP contribution in [-0.4, -0.2) is 29.7 Å². The van der Waals surface area contributed by atoms with Crippen LogP contribution in [0.1, 0.15) is 11.1 Å². The van der Waals surface area contributed by atoms with Gasteiger partial charge in [0.05, 0.1) is 0 Å². The number of benzene rings is 2. The first kappa shape index (κ1) is 15.1. The van der Waals surface area contributed by atoms with Gasteiger partial charge in [-0.2, -0.15) is 0 Å². The van der Waals surface area contributed by atoms with Gasteiger partial charge in [0.1, 0.15) is 18.1 Å². The second-order valence-electron chi connectivity index (χ2n) is 5.18. The monoisotopic (exact) mass is 312 g/mol. The predicted octanol–water partition coefficient (Wildman–Crippen LogP) is 2.44. The van der Waals surface area contributed by atoms with E-state index in [2.05, 4.69) is 4.99 Å². The Kier molecular flexibility index (Phi) is 4.25. The third kappa shape index (κ3) is 3.49. The van der Waals surface area contributed by atoms with Crippen LogP contribution >= 0.6 is 0 Å². The smallest absolute Gasteiger partial charge is 0.271 e. The summed E-state index contributed by atoms with van der Waals surface area (Å²) in [5, 5.41) is 8.64. The summed E-state index contributed by atoms with van der Waals surface area (Å²) in [7, 11) is 0. The van der Waals surface area contributed by atoms with E-state index < -0.39 is 11.9 Å². The number of hydrogen-bond donors (Lipinski definition) is 2. The van der Waals surface area contributed by atoms with Crippen molar-refractivity contribution in [2.24, 2.45) is 4.99 Å². The lowest BCUT2D eigenvalue weighted by atomic mass is 10.2. The van der Waals surface area contributed by atoms with Gasteiger partial charge in [-0.3, -0.25) is 10.0 Å². The molecule has 1 aliphatic rings. The number of carbonyl (C=O) groups excluding carboxylic acids is 1. The molecule has 2 aromatic rings. The van der Waals surface area contributed by atoms with Crippen molar-refractivity contribution in [3.05, 3.63) is 59.7 Å². The summed E-state index contributed by atoms with van der Waals surface area (Å²) < 4.78 is 11.2. The van der Waals surface area contributed by atoms with Crippen molar-refractivity contribution < 1.29 is 19.5 Å². The number of amides is 1. The molecule has 0 spiro atoms. The van der Waals surface area contributed by atoms with Gasteiger partial charge in [-0.15, -0.1) is 0 Å². The molecule has 0 bridgehead atoms. The van der Waals surface area contributed by atoms with E-state index in [1.165, 1.54) is 0 Å². The average molecular weight is 312 g/mol. The molecule has 6 heteroatoms. The minimum Gasteiger partial charge on any atom is -0.475 e. The predicted molar refractivity (Wildman–Crippen MR) is 83.9 cm³/mol. The molecule has 0 saturated carbocycles. The van der Waals surface area contributed by atoms with E-state index in [1.54, 1.807) is 11.5 Å². The van der Waals surface area contributed by atoms with E-state index in [0.29, 0.717) is 17.2 Å². The van der Waals surface area contributed by atoms with Gasteiger partial charge in [-0.05, 0) is 37.3 Å². The fraction of sp³-hybridized carbons (Fsp3) is 0.176. The maximum atomic E-state index is 11.4. The van der Waals surface area contributed by atoms with Crippen LogP contribution in [0.5, 0.6) is 11.5 Å². The maximum Gasteiger partial charge on any atom is 0.271 e. The van der Waals surface area contributed by atoms with Crippen molar-refractivity contribution in [3.8, 4) is 11.5 Å². The number of hydroxylamine groups is 1. The standard InChI is InChI=1S/C17H16N2O4/c1-11-5-7-13(8-6-11)23-14-4-2-3-12(9-14)17-18-15(10-22-17)16(20)19-21/h2-9,15,21H,10H2,1H3,(H,19,20)/t15-/m1/s1. The molecule has 6 nitrogen and oxygen atoms in total. The molecule has 1 heterocycles. The van der Waals surface area contributed by atoms with Crippen LogP contribution in [0.3, 0.4) is 0 Å². The first-order valence-electron chi connectivity index (χ1n) is 7.15. The van der Waals surface area contributed by atoms with E-state index >= 15 is 0 Å². The van der Waals surface area contributed by atoms with Crippen molar-refractivity contribution in [2.45, 2.75) is 13.0 Å². The van der Waals surface area contributed by atoms with Gasteiger partial charge in [0.25, 0.3) is 5.91 Å². The van der Waals surface area contributed by atoms with Gasteiger partial charge in [0.2, 0.25) is 5.90 Å². The highest BCUT2D eigenvalue weighted by Crippen LogP contribution is 2.24. The SMILES string of the molecule is Cc1ccc(Oc2cccc(C3=N[C@@H](C(=O)NO)CO3)c2)cc1. The number of hydrogen-bond acceptors (Lipinski definition) is 5. The van der Waals surface area contributed by atoms with E-state index in [4.69, 9.17) is 14.7 Å². The molecule has 23 heavy (non-hydrogen) atoms. The summed E-state index contributed by atoms with van der Waals surface area (Å²) >= 11 is 0. The summed E-state index contributed by atoms with van der Waals surface area (Å²) in [5.74, 6) is 1.15. The Balaban J connectivity index is 1.78. The Morgan fingerprint density at radius 1 is 1.26 bits per heavy atom. The number of aliphatic imine (C=N–C) groups is 1. The summed E-state index contributed by atoms with van der Waals surface area (Å²) in [6.45, 7) is 2.11. The Labute approximate surface area is 133 Å². The van der Waals surface area contributed by atoms with E-state index in [-0.39, 0.29) is 6.61 Å². The normalized spacial score (nSPS) is 16.4. The van der Waals surface area contributed by atoms with Crippen LogP contribution in [0.15, 0.2) is 53.5 Å². The number of nitrogens with zero attached hydrogens (tertiary/aromatic N) is 1. The molecule has 1 atom stereocenters. The molecule has 1 amide bonds. The third-order valence-corrected chi connectivity index (χ3v) is 3.40. The molecule has 3 rings (SSSR count). The molecule has 0 saturated heterocycles. The lowest BCUT2D eigenvalue weighted by Crippen LogP contribution is -2.31. The van der Waals surface area contributed by atoms with Crippen molar-refractivity contribution in [1.82, 2.24) is 5.48 Å². The second kappa shape index (κ2) is 6.50. The van der Waals surface area contributed by atoms with Gasteiger partial charge < -0.3 is 9.47 Å². The molecule has 0 fully saturated rings. The van der Waals surface area contributed by atoms with E-state index in [1.807, 2.05) is 49.4 Å². The lowest BCUT2D eigenvalue weighted by Gasteiger charge is -2.08. The van der Waals surface area contributed by atoms with Crippen LogP contribution in [0.4, 0.5) is 0 Å². The van der Waals surface area contributed by atoms with Crippen molar-refractivity contribution in [3.63, 3.8) is 0 Å². The number of nitrogens with one attached hydrogen (secondary N) is 1. The molecule has 0 unspecified atom stereocenters. The Bertz CT molecular complexity index is 741. The van der Waals surface area contributed by atoms with Gasteiger partial charge in [0.15, 0.2) is 6.04 Å². The number of carbonyl (C=O) groups is 1. The van der Waals surface area contributed by atoms with Crippen molar-refractivity contribution >= 4 is 11.8 Å². The quantitative estimate of drug-likeness (QED) is 0.671. The molecule has 0 radical (unpaired) electrons. The van der Waals surface area contributed by atoms with Gasteiger partial charge in [-0.1, -0.05) is 23.8 Å². The molecular weight excluding hydrogens is 296 g/mol. The molecule has 0 aliphatic carbocycles. The summed E-state index contributed by atoms with van der Waals surface area (Å²) in [6.07, 6.45) is 0. The zero-order valence-electron chi connectivity index (χ0n) is 12.5. The fourth-order valence-electron chi connectivity index (χ4n) is 2.18. The minimum atomic E-state index is -0.739. The first-order chi connectivity index (χ1) is 11.2. The topological polar surface area (TPSA) is 80.2 Å². The second-order valence-corrected chi connectivity index (χ2v) is 5.18. The molecule has 1 aliphatic heterocycles. The van der Waals surface area contributed by atoms with Crippen LogP contribution in [-0.2, 0) is 9.53 Å². The number of rotatable bonds is 4. The summed E-state index contributed by atoms with van der Waals surface area (Å²) in [6, 6.07) is 14.3. The number of ether oxygens (including phenoxy) is 2. The van der Waals surface area contributed by atoms with Crippen LogP contribution in [0.25, 0.3) is 0 Å². The Morgan fingerprint density at radius 3 is 2.78 bits per heavy atom. The lowest BCUT2D eigenvalue weighted by molar-refractivity contribution is -0.130. The minimum absolute atomic E-state index is 0.102. The molecule has 2 N–H and O–H groups in total. The van der Waals surface area contributed by atoms with E-state index in [9.17, 15) is 4.79 Å². The van der Waals surface area contributed by atoms with Crippen molar-refractivity contribution in [1.29, 1.82) is 0 Å². The van der Waals surface area contributed by atoms with Gasteiger partial charge >= 0.3 is 0 Å². The zero-order valence-corrected chi connectivity index (χ0v) is 12.5. The highest BCUT2D eigenvalue weighted by Gasteiger charge is 2.26. The highest BCUT2D eigenvalue weighted by molar-refractivity contribution is 5.98. The highest BCUT2D eigenvalue weighted by atomic mass is 16.5. The molecular formula is C17H16N2O4. The van der Waals surface area contributed by atoms with Crippen LogP contribution in [0, 0.1) is 6.92 Å². The Hall–Kier alpha value is -2.86. The largest absolute Gasteiger partial charge is 0.475 e. The van der Waals surface area contributed by atoms with Crippen molar-refractivity contribution in [2.75, 3.05) is 6.61 Å². The summed E-state index contributed by atoms with van der Waals surface area (Å²) in [5.41, 5.74) is 3.45. The van der Waals surface area contributed by atoms with Crippen LogP contribution in [0.2, 0.25) is 0 Å². The molecule has 118 valence electrons. The average Bonchev–Trinajstić information content (AvgIpc) is 3.07. The molecule has 2 aromatic carbocycles. The first-order valence-corrected chi connectivity index (χ1v) is 7.15. The van der Waals surface area contributed by atoms with Gasteiger partial charge in [-0.25, -0.2) is 10.5 Å². The van der Waals surface area contributed by atoms with E-state index in [0.717, 1.165) is 11.3 Å². The van der Waals surface area contributed by atoms with Crippen LogP contribution < -0.4 is 10.2 Å². The molecule has 0 aromatic heterocycles. The zero-order chi connectivity index (χ0) is 16.2. The van der Waals surface area contributed by atoms with Gasteiger partial charge in [0, 0.05) is 5.56 Å². The number of aryl methyl sites for hydroxylation is 1. The third-order valence-electron chi connectivity index (χ3n) is 3.40. The Morgan fingerprint density at radius 2 is 2.04 bits per heavy atom. The fourth-order valence-corrected chi connectivity index (χ4v) is 2.18. The maximum absolute atomic E-state index is 11.4.